The van der Waals surface area contributed by atoms with Crippen molar-refractivity contribution in [2.45, 2.75) is 18.4 Å². The van der Waals surface area contributed by atoms with Gasteiger partial charge in [-0.25, -0.2) is 0 Å². The van der Waals surface area contributed by atoms with Crippen molar-refractivity contribution in [1.82, 2.24) is 20.2 Å². The van der Waals surface area contributed by atoms with Gasteiger partial charge in [0.2, 0.25) is 0 Å². The molecule has 0 aliphatic heterocycles. The molecule has 2 atom stereocenters. The van der Waals surface area contributed by atoms with Gasteiger partial charge < -0.3 is 10.1 Å². The molecule has 0 unspecified atom stereocenters. The third-order valence-electron chi connectivity index (χ3n) is 4.80. The van der Waals surface area contributed by atoms with E-state index in [2.05, 4.69) is 15.4 Å². The maximum Gasteiger partial charge on any atom is 0.514 e. The van der Waals surface area contributed by atoms with Crippen LogP contribution in [0.2, 0.25) is 0 Å². The van der Waals surface area contributed by atoms with Gasteiger partial charge in [-0.2, -0.15) is 0 Å². The van der Waals surface area contributed by atoms with Crippen molar-refractivity contribution in [1.29, 1.82) is 0 Å². The van der Waals surface area contributed by atoms with E-state index in [1.54, 1.807) is 6.08 Å². The average Bonchev–Trinajstić information content (AvgIpc) is 3.23. The second-order valence-electron chi connectivity index (χ2n) is 6.70. The summed E-state index contributed by atoms with van der Waals surface area (Å²) in [6, 6.07) is 18.6. The molecule has 0 saturated heterocycles. The molecular formula is C21H17N5O3. The summed E-state index contributed by atoms with van der Waals surface area (Å²) in [7, 11) is 0. The molecule has 0 fully saturated rings. The second kappa shape index (κ2) is 7.97. The lowest BCUT2D eigenvalue weighted by Crippen LogP contribution is -2.30. The maximum absolute atomic E-state index is 13.0. The van der Waals surface area contributed by atoms with Crippen LogP contribution in [-0.4, -0.2) is 30.9 Å². The van der Waals surface area contributed by atoms with E-state index in [9.17, 15) is 14.9 Å². The molecule has 8 nitrogen and oxygen atoms in total. The Kier molecular flexibility index (Phi) is 5.07. The average molecular weight is 387 g/mol. The zero-order valence-electron chi connectivity index (χ0n) is 15.3. The Morgan fingerprint density at radius 3 is 2.38 bits per heavy atom. The van der Waals surface area contributed by atoms with Crippen LogP contribution in [0.3, 0.4) is 0 Å². The Morgan fingerprint density at radius 2 is 1.72 bits per heavy atom. The molecule has 0 radical (unpaired) electrons. The Bertz CT molecular complexity index is 1090. The minimum Gasteiger partial charge on any atom is -0.390 e. The van der Waals surface area contributed by atoms with E-state index in [0.29, 0.717) is 6.42 Å². The highest BCUT2D eigenvalue weighted by Gasteiger charge is 2.38. The topological polar surface area (TPSA) is 104 Å². The molecule has 0 spiro atoms. The summed E-state index contributed by atoms with van der Waals surface area (Å²) in [6.45, 7) is 0. The quantitative estimate of drug-likeness (QED) is 0.490. The molecule has 2 aromatic carbocycles. The van der Waals surface area contributed by atoms with Gasteiger partial charge in [-0.3, -0.25) is 4.79 Å². The molecule has 1 aliphatic carbocycles. The van der Waals surface area contributed by atoms with Crippen LogP contribution in [0.15, 0.2) is 78.4 Å². The van der Waals surface area contributed by atoms with Crippen LogP contribution in [0.5, 0.6) is 0 Å². The number of rotatable bonds is 5. The van der Waals surface area contributed by atoms with Crippen LogP contribution in [-0.2, 0) is 4.79 Å². The normalized spacial score (nSPS) is 19.3. The second-order valence-corrected chi connectivity index (χ2v) is 6.70. The van der Waals surface area contributed by atoms with Crippen LogP contribution in [0.4, 0.5) is 5.95 Å². The number of benzene rings is 2. The number of hydrogen-bond donors (Lipinski definition) is 0. The number of carbonyl (C=O) groups excluding carboxylic acids is 1. The van der Waals surface area contributed by atoms with Crippen molar-refractivity contribution in [3.05, 3.63) is 99.6 Å². The molecule has 1 aromatic heterocycles. The third-order valence-corrected chi connectivity index (χ3v) is 4.80. The fourth-order valence-corrected chi connectivity index (χ4v) is 3.46. The summed E-state index contributed by atoms with van der Waals surface area (Å²) in [5.41, 5.74) is 2.84. The molecular weight excluding hydrogens is 370 g/mol. The Labute approximate surface area is 166 Å². The Hall–Kier alpha value is -3.94. The number of allylic oxidation sites excluding steroid dienone is 3. The number of aromatic nitrogens is 4. The smallest absolute Gasteiger partial charge is 0.390 e. The molecule has 0 N–H and O–H groups in total. The van der Waals surface area contributed by atoms with Crippen molar-refractivity contribution in [2.24, 2.45) is 0 Å². The van der Waals surface area contributed by atoms with Gasteiger partial charge in [-0.15, -0.1) is 0 Å². The summed E-state index contributed by atoms with van der Waals surface area (Å²) in [6.07, 6.45) is 6.01. The summed E-state index contributed by atoms with van der Waals surface area (Å²) < 4.78 is 0. The fourth-order valence-electron chi connectivity index (χ4n) is 3.46. The lowest BCUT2D eigenvalue weighted by atomic mass is 9.79. The van der Waals surface area contributed by atoms with E-state index < -0.39 is 16.9 Å². The van der Waals surface area contributed by atoms with Gasteiger partial charge >= 0.3 is 5.95 Å². The predicted molar refractivity (Wildman–Crippen MR) is 106 cm³/mol. The van der Waals surface area contributed by atoms with Crippen molar-refractivity contribution in [3.8, 4) is 0 Å². The molecule has 8 heteroatoms. The van der Waals surface area contributed by atoms with Gasteiger partial charge in [0.15, 0.2) is 11.8 Å². The zero-order valence-corrected chi connectivity index (χ0v) is 15.3. The van der Waals surface area contributed by atoms with Gasteiger partial charge in [0.1, 0.15) is 0 Å². The van der Waals surface area contributed by atoms with Gasteiger partial charge in [0, 0.05) is 11.1 Å². The molecule has 1 heterocycles. The van der Waals surface area contributed by atoms with Gasteiger partial charge in [-0.05, 0) is 34.1 Å². The first kappa shape index (κ1) is 18.4. The van der Waals surface area contributed by atoms with E-state index in [4.69, 9.17) is 0 Å². The molecule has 3 aromatic rings. The van der Waals surface area contributed by atoms with Gasteiger partial charge in [0.25, 0.3) is 0 Å². The molecule has 144 valence electrons. The fraction of sp³-hybridized carbons (Fsp3) is 0.143. The number of nitro groups is 1. The number of hydrogen-bond acceptors (Lipinski definition) is 6. The molecule has 1 aliphatic rings. The van der Waals surface area contributed by atoms with Crippen LogP contribution >= 0.6 is 0 Å². The number of tetrazole rings is 1. The largest absolute Gasteiger partial charge is 0.514 e. The summed E-state index contributed by atoms with van der Waals surface area (Å²) in [5.74, 6) is -1.11. The van der Waals surface area contributed by atoms with Gasteiger partial charge in [0.05, 0.1) is 10.2 Å². The number of ketones is 1. The number of carbonyl (C=O) groups is 1. The number of nitrogens with zero attached hydrogens (tertiary/aromatic N) is 5. The summed E-state index contributed by atoms with van der Waals surface area (Å²) in [5, 5.41) is 21.9. The first-order valence-electron chi connectivity index (χ1n) is 9.08. The van der Waals surface area contributed by atoms with E-state index in [1.807, 2.05) is 72.8 Å². The molecule has 0 amide bonds. The van der Waals surface area contributed by atoms with Crippen LogP contribution < -0.4 is 0 Å². The van der Waals surface area contributed by atoms with E-state index in [0.717, 1.165) is 21.5 Å². The highest BCUT2D eigenvalue weighted by Crippen LogP contribution is 2.39. The van der Waals surface area contributed by atoms with Crippen molar-refractivity contribution in [3.63, 3.8) is 0 Å². The SMILES string of the molecule is O=C1C=C(/C=C/c2ccccc2)C[C@@H](c2ccccc2)[C@@H]1n1nnc([N+](=O)[O-])n1. The zero-order chi connectivity index (χ0) is 20.2. The summed E-state index contributed by atoms with van der Waals surface area (Å²) >= 11 is 0. The van der Waals surface area contributed by atoms with Crippen LogP contribution in [0.1, 0.15) is 29.5 Å². The molecule has 0 bridgehead atoms. The minimum atomic E-state index is -0.785. The van der Waals surface area contributed by atoms with E-state index in [1.165, 1.54) is 0 Å². The Balaban J connectivity index is 1.70. The predicted octanol–water partition coefficient (Wildman–Crippen LogP) is 3.52. The van der Waals surface area contributed by atoms with Crippen molar-refractivity contribution < 1.29 is 9.72 Å². The Morgan fingerprint density at radius 1 is 1.03 bits per heavy atom. The molecule has 0 saturated carbocycles. The van der Waals surface area contributed by atoms with Crippen LogP contribution in [0, 0.1) is 10.1 Å². The molecule has 29 heavy (non-hydrogen) atoms. The van der Waals surface area contributed by atoms with Crippen molar-refractivity contribution >= 4 is 17.8 Å². The standard InChI is InChI=1S/C21H17N5O3/c27-19-14-16(12-11-15-7-3-1-4-8-15)13-18(17-9-5-2-6-10-17)20(19)25-23-21(22-24-25)26(28)29/h1-12,14,18,20H,13H2/b12-11+/t18-,20-/m0/s1. The lowest BCUT2D eigenvalue weighted by Gasteiger charge is -2.27. The first-order valence-corrected chi connectivity index (χ1v) is 9.08. The maximum atomic E-state index is 13.0. The lowest BCUT2D eigenvalue weighted by molar-refractivity contribution is -0.394. The highest BCUT2D eigenvalue weighted by atomic mass is 16.6. The van der Waals surface area contributed by atoms with E-state index in [-0.39, 0.29) is 11.7 Å². The van der Waals surface area contributed by atoms with Gasteiger partial charge in [-0.1, -0.05) is 77.6 Å². The molecule has 4 rings (SSSR count). The highest BCUT2D eigenvalue weighted by molar-refractivity contribution is 5.96. The third kappa shape index (κ3) is 4.01. The minimum absolute atomic E-state index is 0.217. The van der Waals surface area contributed by atoms with E-state index >= 15 is 0 Å². The van der Waals surface area contributed by atoms with Crippen molar-refractivity contribution in [2.75, 3.05) is 0 Å². The summed E-state index contributed by atoms with van der Waals surface area (Å²) in [4.78, 5) is 24.2. The first-order chi connectivity index (χ1) is 14.1. The van der Waals surface area contributed by atoms with Crippen LogP contribution in [0.25, 0.3) is 6.08 Å². The monoisotopic (exact) mass is 387 g/mol.